The van der Waals surface area contributed by atoms with Crippen molar-refractivity contribution in [2.75, 3.05) is 5.32 Å². The van der Waals surface area contributed by atoms with Gasteiger partial charge in [0.1, 0.15) is 0 Å². The number of allylic oxidation sites excluding steroid dienone is 1. The van der Waals surface area contributed by atoms with Gasteiger partial charge < -0.3 is 10.3 Å². The number of hydrogen-bond donors (Lipinski definition) is 3. The minimum absolute atomic E-state index is 0.334. The van der Waals surface area contributed by atoms with Crippen LogP contribution in [0.15, 0.2) is 79.4 Å². The third-order valence-corrected chi connectivity index (χ3v) is 7.46. The van der Waals surface area contributed by atoms with E-state index in [2.05, 4.69) is 106 Å². The van der Waals surface area contributed by atoms with Crippen LogP contribution < -0.4 is 5.32 Å². The van der Waals surface area contributed by atoms with E-state index in [0.717, 1.165) is 44.8 Å². The van der Waals surface area contributed by atoms with Crippen LogP contribution in [-0.2, 0) is 0 Å². The van der Waals surface area contributed by atoms with Crippen LogP contribution in [0.1, 0.15) is 18.7 Å². The maximum Gasteiger partial charge on any atom is 0.181 e. The molecule has 0 saturated heterocycles. The summed E-state index contributed by atoms with van der Waals surface area (Å²) >= 11 is 1.81. The normalized spacial score (nSPS) is 11.6. The van der Waals surface area contributed by atoms with E-state index in [4.69, 9.17) is 0 Å². The minimum Gasteiger partial charge on any atom is -0.358 e. The number of aryl methyl sites for hydroxylation is 1. The van der Waals surface area contributed by atoms with Crippen LogP contribution in [0.4, 0.5) is 5.69 Å². The lowest BCUT2D eigenvalue weighted by Crippen LogP contribution is -2.04. The monoisotopic (exact) mass is 490 g/mol. The Bertz CT molecular complexity index is 1740. The molecule has 178 valence electrons. The maximum atomic E-state index is 4.62. The second-order valence-corrected chi connectivity index (χ2v) is 10.6. The third-order valence-electron chi connectivity index (χ3n) is 6.42. The van der Waals surface area contributed by atoms with Crippen molar-refractivity contribution in [2.24, 2.45) is 5.92 Å². The van der Waals surface area contributed by atoms with Crippen LogP contribution in [0.25, 0.3) is 54.9 Å². The second-order valence-electron chi connectivity index (χ2n) is 9.32. The summed E-state index contributed by atoms with van der Waals surface area (Å²) in [7, 11) is 0. The zero-order valence-corrected chi connectivity index (χ0v) is 21.2. The van der Waals surface area contributed by atoms with E-state index in [9.17, 15) is 0 Å². The first-order chi connectivity index (χ1) is 17.5. The molecule has 0 bridgehead atoms. The largest absolute Gasteiger partial charge is 0.358 e. The van der Waals surface area contributed by atoms with Gasteiger partial charge in [0.05, 0.1) is 23.3 Å². The van der Waals surface area contributed by atoms with Gasteiger partial charge in [-0.1, -0.05) is 32.6 Å². The molecule has 0 spiro atoms. The lowest BCUT2D eigenvalue weighted by molar-refractivity contribution is 0.778. The molecule has 0 unspecified atom stereocenters. The maximum absolute atomic E-state index is 4.62. The van der Waals surface area contributed by atoms with Gasteiger partial charge in [-0.2, -0.15) is 5.10 Å². The van der Waals surface area contributed by atoms with E-state index in [1.54, 1.807) is 0 Å². The Kier molecular flexibility index (Phi) is 5.42. The molecule has 1 aromatic carbocycles. The molecule has 6 rings (SSSR count). The van der Waals surface area contributed by atoms with Crippen molar-refractivity contribution in [3.8, 4) is 33.0 Å². The van der Waals surface area contributed by atoms with Crippen molar-refractivity contribution in [1.29, 1.82) is 0 Å². The molecule has 6 aromatic rings. The van der Waals surface area contributed by atoms with Crippen molar-refractivity contribution in [3.63, 3.8) is 0 Å². The molecular formula is C29H26N6S. The van der Waals surface area contributed by atoms with Gasteiger partial charge in [-0.05, 0) is 49.2 Å². The Hall–Kier alpha value is -4.23. The molecule has 5 heterocycles. The Morgan fingerprint density at radius 2 is 1.86 bits per heavy atom. The number of rotatable bonds is 6. The number of fused-ring (bicyclic) bond motifs is 2. The Morgan fingerprint density at radius 1 is 1.00 bits per heavy atom. The van der Waals surface area contributed by atoms with Gasteiger partial charge in [-0.15, -0.1) is 11.3 Å². The number of nitrogens with one attached hydrogen (secondary N) is 3. The molecule has 0 aliphatic carbocycles. The molecule has 3 N–H and O–H groups in total. The van der Waals surface area contributed by atoms with E-state index in [-0.39, 0.29) is 0 Å². The van der Waals surface area contributed by atoms with Crippen LogP contribution in [0.5, 0.6) is 0 Å². The summed E-state index contributed by atoms with van der Waals surface area (Å²) in [6.07, 6.45) is 5.50. The Balaban J connectivity index is 1.41. The number of benzene rings is 1. The van der Waals surface area contributed by atoms with Crippen LogP contribution >= 0.6 is 11.3 Å². The number of hydrogen-bond acceptors (Lipinski definition) is 5. The van der Waals surface area contributed by atoms with Gasteiger partial charge in [0.25, 0.3) is 0 Å². The molecular weight excluding hydrogens is 464 g/mol. The van der Waals surface area contributed by atoms with E-state index in [1.165, 1.54) is 20.7 Å². The first kappa shape index (κ1) is 22.2. The fourth-order valence-electron chi connectivity index (χ4n) is 4.34. The number of pyridine rings is 2. The first-order valence-corrected chi connectivity index (χ1v) is 12.7. The van der Waals surface area contributed by atoms with E-state index in [0.29, 0.717) is 11.6 Å². The lowest BCUT2D eigenvalue weighted by Gasteiger charge is -2.13. The molecule has 0 atom stereocenters. The fraction of sp³-hybridized carbons (Fsp3) is 0.138. The summed E-state index contributed by atoms with van der Waals surface area (Å²) in [5.74, 6) is 0.334. The minimum atomic E-state index is 0.334. The SMILES string of the molecule is C=C(Nc1cncc(-c2cnc3n[nH]c(-c4cc5c(-c6ccc(C)s6)cccc5[nH]4)c3c2)c1)C(C)C. The van der Waals surface area contributed by atoms with Crippen LogP contribution in [0.2, 0.25) is 0 Å². The number of H-pyrrole nitrogens is 2. The van der Waals surface area contributed by atoms with Crippen molar-refractivity contribution in [1.82, 2.24) is 25.1 Å². The van der Waals surface area contributed by atoms with Crippen molar-refractivity contribution in [2.45, 2.75) is 20.8 Å². The van der Waals surface area contributed by atoms with Crippen molar-refractivity contribution >= 4 is 39.0 Å². The quantitative estimate of drug-likeness (QED) is 0.223. The van der Waals surface area contributed by atoms with Crippen LogP contribution in [0.3, 0.4) is 0 Å². The van der Waals surface area contributed by atoms with Crippen LogP contribution in [0, 0.1) is 12.8 Å². The highest BCUT2D eigenvalue weighted by atomic mass is 32.1. The van der Waals surface area contributed by atoms with Gasteiger partial charge >= 0.3 is 0 Å². The number of thiophene rings is 1. The molecule has 0 radical (unpaired) electrons. The molecule has 7 heteroatoms. The van der Waals surface area contributed by atoms with Crippen molar-refractivity contribution in [3.05, 3.63) is 84.3 Å². The van der Waals surface area contributed by atoms with E-state index >= 15 is 0 Å². The zero-order valence-electron chi connectivity index (χ0n) is 20.4. The molecule has 5 aromatic heterocycles. The van der Waals surface area contributed by atoms with Crippen molar-refractivity contribution < 1.29 is 0 Å². The highest BCUT2D eigenvalue weighted by Gasteiger charge is 2.15. The highest BCUT2D eigenvalue weighted by molar-refractivity contribution is 7.15. The lowest BCUT2D eigenvalue weighted by atomic mass is 10.1. The summed E-state index contributed by atoms with van der Waals surface area (Å²) in [5, 5.41) is 13.2. The summed E-state index contributed by atoms with van der Waals surface area (Å²) < 4.78 is 0. The molecule has 6 nitrogen and oxygen atoms in total. The highest BCUT2D eigenvalue weighted by Crippen LogP contribution is 2.37. The third kappa shape index (κ3) is 3.97. The van der Waals surface area contributed by atoms with E-state index in [1.807, 2.05) is 29.9 Å². The Morgan fingerprint density at radius 3 is 2.67 bits per heavy atom. The average molecular weight is 491 g/mol. The summed E-state index contributed by atoms with van der Waals surface area (Å²) in [4.78, 5) is 15.2. The molecule has 0 fully saturated rings. The first-order valence-electron chi connectivity index (χ1n) is 11.9. The molecule has 0 amide bonds. The number of anilines is 1. The topological polar surface area (TPSA) is 82.3 Å². The molecule has 36 heavy (non-hydrogen) atoms. The summed E-state index contributed by atoms with van der Waals surface area (Å²) in [6, 6.07) is 17.1. The summed E-state index contributed by atoms with van der Waals surface area (Å²) in [6.45, 7) is 10.5. The predicted octanol–water partition coefficient (Wildman–Crippen LogP) is 7.79. The number of nitrogens with zero attached hydrogens (tertiary/aromatic N) is 3. The summed E-state index contributed by atoms with van der Waals surface area (Å²) in [5.41, 5.74) is 8.71. The predicted molar refractivity (Wildman–Crippen MR) is 150 cm³/mol. The van der Waals surface area contributed by atoms with E-state index < -0.39 is 0 Å². The second kappa shape index (κ2) is 8.77. The van der Waals surface area contributed by atoms with Gasteiger partial charge in [0.15, 0.2) is 5.65 Å². The van der Waals surface area contributed by atoms with Crippen LogP contribution in [-0.4, -0.2) is 25.1 Å². The fourth-order valence-corrected chi connectivity index (χ4v) is 5.25. The van der Waals surface area contributed by atoms with Gasteiger partial charge in [0, 0.05) is 60.8 Å². The Labute approximate surface area is 213 Å². The molecule has 0 aliphatic rings. The average Bonchev–Trinajstić information content (AvgIpc) is 3.61. The van der Waals surface area contributed by atoms with Gasteiger partial charge in [-0.25, -0.2) is 4.98 Å². The zero-order chi connectivity index (χ0) is 24.8. The molecule has 0 aliphatic heterocycles. The van der Waals surface area contributed by atoms with Gasteiger partial charge in [-0.3, -0.25) is 10.1 Å². The number of aromatic nitrogens is 5. The molecule has 0 saturated carbocycles. The standard InChI is InChI=1S/C29H26N6S/c1-16(2)18(4)32-21-10-19(13-30-15-21)20-11-24-28(34-35-29(24)31-14-20)26-12-23-22(6-5-7-25(23)33-26)27-9-8-17(3)36-27/h5-16,32-33H,4H2,1-3H3,(H,31,34,35). The smallest absolute Gasteiger partial charge is 0.181 e. The van der Waals surface area contributed by atoms with Gasteiger partial charge in [0.2, 0.25) is 0 Å². The number of aromatic amines is 2.